The van der Waals surface area contributed by atoms with Crippen molar-refractivity contribution in [2.75, 3.05) is 25.0 Å². The van der Waals surface area contributed by atoms with E-state index in [-0.39, 0.29) is 5.91 Å². The fourth-order valence-corrected chi connectivity index (χ4v) is 3.11. The SMILES string of the molecule is CCN(CC)c1c(C)nc2ccc(C(=O)N(C)Cc3ccco3)cn12. The van der Waals surface area contributed by atoms with Crippen LogP contribution in [0.2, 0.25) is 0 Å². The van der Waals surface area contributed by atoms with E-state index in [0.29, 0.717) is 12.1 Å². The minimum absolute atomic E-state index is 0.0462. The van der Waals surface area contributed by atoms with Gasteiger partial charge in [0.1, 0.15) is 17.2 Å². The van der Waals surface area contributed by atoms with Gasteiger partial charge in [-0.15, -0.1) is 0 Å². The van der Waals surface area contributed by atoms with Gasteiger partial charge in [-0.2, -0.15) is 0 Å². The van der Waals surface area contributed by atoms with Gasteiger partial charge in [0, 0.05) is 26.3 Å². The van der Waals surface area contributed by atoms with Crippen LogP contribution in [0, 0.1) is 6.92 Å². The highest BCUT2D eigenvalue weighted by Crippen LogP contribution is 2.23. The highest BCUT2D eigenvalue weighted by molar-refractivity contribution is 5.94. The van der Waals surface area contributed by atoms with Crippen molar-refractivity contribution in [1.82, 2.24) is 14.3 Å². The molecule has 132 valence electrons. The van der Waals surface area contributed by atoms with E-state index in [1.54, 1.807) is 18.2 Å². The summed E-state index contributed by atoms with van der Waals surface area (Å²) >= 11 is 0. The molecule has 6 heteroatoms. The third-order valence-electron chi connectivity index (χ3n) is 4.39. The maximum absolute atomic E-state index is 12.8. The minimum Gasteiger partial charge on any atom is -0.467 e. The van der Waals surface area contributed by atoms with Gasteiger partial charge in [0.05, 0.1) is 24.1 Å². The first-order chi connectivity index (χ1) is 12.0. The van der Waals surface area contributed by atoms with Crippen LogP contribution in [0.1, 0.15) is 35.7 Å². The molecule has 0 aliphatic rings. The normalized spacial score (nSPS) is 11.0. The topological polar surface area (TPSA) is 54.0 Å². The predicted octanol–water partition coefficient (Wildman–Crippen LogP) is 3.35. The lowest BCUT2D eigenvalue weighted by atomic mass is 10.2. The lowest BCUT2D eigenvalue weighted by Gasteiger charge is -2.21. The first-order valence-corrected chi connectivity index (χ1v) is 8.56. The third kappa shape index (κ3) is 3.24. The molecule has 0 unspecified atom stereocenters. The zero-order valence-electron chi connectivity index (χ0n) is 15.2. The number of amides is 1. The quantitative estimate of drug-likeness (QED) is 0.690. The Kier molecular flexibility index (Phi) is 4.79. The number of nitrogens with zero attached hydrogens (tertiary/aromatic N) is 4. The Morgan fingerprint density at radius 3 is 2.64 bits per heavy atom. The molecule has 1 amide bonds. The van der Waals surface area contributed by atoms with Crippen LogP contribution in [0.25, 0.3) is 5.65 Å². The van der Waals surface area contributed by atoms with Gasteiger partial charge in [-0.25, -0.2) is 4.98 Å². The summed E-state index contributed by atoms with van der Waals surface area (Å²) in [6, 6.07) is 7.41. The average molecular weight is 340 g/mol. The number of aryl methyl sites for hydroxylation is 1. The number of fused-ring (bicyclic) bond motifs is 1. The monoisotopic (exact) mass is 340 g/mol. The van der Waals surface area contributed by atoms with E-state index in [9.17, 15) is 4.79 Å². The van der Waals surface area contributed by atoms with Crippen LogP contribution in [0.4, 0.5) is 5.82 Å². The molecule has 0 atom stereocenters. The van der Waals surface area contributed by atoms with Crippen molar-refractivity contribution in [1.29, 1.82) is 0 Å². The Balaban J connectivity index is 1.94. The van der Waals surface area contributed by atoms with Crippen molar-refractivity contribution >= 4 is 17.4 Å². The van der Waals surface area contributed by atoms with Gasteiger partial charge < -0.3 is 14.2 Å². The van der Waals surface area contributed by atoms with Crippen LogP contribution in [0.5, 0.6) is 0 Å². The first kappa shape index (κ1) is 17.1. The molecule has 0 aliphatic carbocycles. The van der Waals surface area contributed by atoms with E-state index >= 15 is 0 Å². The summed E-state index contributed by atoms with van der Waals surface area (Å²) in [5, 5.41) is 0. The fourth-order valence-electron chi connectivity index (χ4n) is 3.11. The molecule has 3 heterocycles. The Bertz CT molecular complexity index is 863. The molecule has 0 N–H and O–H groups in total. The molecule has 0 bridgehead atoms. The van der Waals surface area contributed by atoms with Crippen LogP contribution in [-0.4, -0.2) is 40.3 Å². The molecule has 0 saturated heterocycles. The molecule has 25 heavy (non-hydrogen) atoms. The highest BCUT2D eigenvalue weighted by atomic mass is 16.3. The summed E-state index contributed by atoms with van der Waals surface area (Å²) < 4.78 is 7.34. The zero-order chi connectivity index (χ0) is 18.0. The standard InChI is InChI=1S/C19H24N4O2/c1-5-22(6-2)18-14(3)20-17-10-9-15(12-23(17)18)19(24)21(4)13-16-8-7-11-25-16/h7-12H,5-6,13H2,1-4H3. The summed E-state index contributed by atoms with van der Waals surface area (Å²) in [4.78, 5) is 21.3. The summed E-state index contributed by atoms with van der Waals surface area (Å²) in [5.41, 5.74) is 2.45. The molecule has 0 saturated carbocycles. The number of carbonyl (C=O) groups is 1. The fraction of sp³-hybridized carbons (Fsp3) is 0.368. The lowest BCUT2D eigenvalue weighted by molar-refractivity contribution is 0.0775. The molecule has 0 aliphatic heterocycles. The molecule has 0 spiro atoms. The maximum Gasteiger partial charge on any atom is 0.255 e. The van der Waals surface area contributed by atoms with Crippen LogP contribution in [-0.2, 0) is 6.54 Å². The number of furan rings is 1. The summed E-state index contributed by atoms with van der Waals surface area (Å²) in [6.07, 6.45) is 3.49. The van der Waals surface area contributed by atoms with Crippen molar-refractivity contribution in [3.63, 3.8) is 0 Å². The summed E-state index contributed by atoms with van der Waals surface area (Å²) in [5.74, 6) is 1.76. The Morgan fingerprint density at radius 1 is 1.24 bits per heavy atom. The zero-order valence-corrected chi connectivity index (χ0v) is 15.2. The van der Waals surface area contributed by atoms with Crippen LogP contribution in [0.15, 0.2) is 41.1 Å². The van der Waals surface area contributed by atoms with Crippen molar-refractivity contribution in [3.8, 4) is 0 Å². The molecule has 0 aromatic carbocycles. The smallest absolute Gasteiger partial charge is 0.255 e. The van der Waals surface area contributed by atoms with E-state index in [2.05, 4.69) is 23.7 Å². The predicted molar refractivity (Wildman–Crippen MR) is 98.0 cm³/mol. The van der Waals surface area contributed by atoms with E-state index in [1.807, 2.05) is 41.8 Å². The molecule has 3 aromatic rings. The van der Waals surface area contributed by atoms with Crippen LogP contribution >= 0.6 is 0 Å². The van der Waals surface area contributed by atoms with Crippen LogP contribution < -0.4 is 4.90 Å². The minimum atomic E-state index is -0.0462. The molecular weight excluding hydrogens is 316 g/mol. The molecular formula is C19H24N4O2. The van der Waals surface area contributed by atoms with Crippen LogP contribution in [0.3, 0.4) is 0 Å². The third-order valence-corrected chi connectivity index (χ3v) is 4.39. The number of pyridine rings is 1. The van der Waals surface area contributed by atoms with Gasteiger partial charge >= 0.3 is 0 Å². The van der Waals surface area contributed by atoms with Gasteiger partial charge in [-0.05, 0) is 45.0 Å². The second-order valence-electron chi connectivity index (χ2n) is 6.08. The second-order valence-corrected chi connectivity index (χ2v) is 6.08. The number of carbonyl (C=O) groups excluding carboxylic acids is 1. The number of hydrogen-bond acceptors (Lipinski definition) is 4. The van der Waals surface area contributed by atoms with Gasteiger partial charge in [0.25, 0.3) is 5.91 Å². The van der Waals surface area contributed by atoms with Crippen molar-refractivity contribution < 1.29 is 9.21 Å². The molecule has 3 aromatic heterocycles. The van der Waals surface area contributed by atoms with Crippen molar-refractivity contribution in [2.24, 2.45) is 0 Å². The molecule has 0 fully saturated rings. The number of rotatable bonds is 6. The van der Waals surface area contributed by atoms with Gasteiger partial charge in [-0.3, -0.25) is 9.20 Å². The summed E-state index contributed by atoms with van der Waals surface area (Å²) in [7, 11) is 1.78. The second kappa shape index (κ2) is 7.01. The maximum atomic E-state index is 12.8. The first-order valence-electron chi connectivity index (χ1n) is 8.56. The van der Waals surface area contributed by atoms with E-state index in [4.69, 9.17) is 4.42 Å². The number of hydrogen-bond donors (Lipinski definition) is 0. The largest absolute Gasteiger partial charge is 0.467 e. The van der Waals surface area contributed by atoms with Crippen molar-refractivity contribution in [2.45, 2.75) is 27.3 Å². The molecule has 6 nitrogen and oxygen atoms in total. The number of aromatic nitrogens is 2. The van der Waals surface area contributed by atoms with E-state index in [1.165, 1.54) is 0 Å². The lowest BCUT2D eigenvalue weighted by Crippen LogP contribution is -2.27. The van der Waals surface area contributed by atoms with E-state index in [0.717, 1.165) is 36.0 Å². The average Bonchev–Trinajstić information content (AvgIpc) is 3.23. The Morgan fingerprint density at radius 2 is 2.00 bits per heavy atom. The van der Waals surface area contributed by atoms with E-state index < -0.39 is 0 Å². The Hall–Kier alpha value is -2.76. The molecule has 3 rings (SSSR count). The number of imidazole rings is 1. The number of anilines is 1. The van der Waals surface area contributed by atoms with Gasteiger partial charge in [0.15, 0.2) is 0 Å². The van der Waals surface area contributed by atoms with Gasteiger partial charge in [-0.1, -0.05) is 0 Å². The summed E-state index contributed by atoms with van der Waals surface area (Å²) in [6.45, 7) is 8.47. The highest BCUT2D eigenvalue weighted by Gasteiger charge is 2.18. The molecule has 0 radical (unpaired) electrons. The van der Waals surface area contributed by atoms with Gasteiger partial charge in [0.2, 0.25) is 0 Å². The van der Waals surface area contributed by atoms with Crippen molar-refractivity contribution in [3.05, 3.63) is 53.7 Å². The Labute approximate surface area is 147 Å².